The molecule has 22 heavy (non-hydrogen) atoms. The molecule has 0 bridgehead atoms. The second kappa shape index (κ2) is 8.57. The van der Waals surface area contributed by atoms with Crippen molar-refractivity contribution in [1.82, 2.24) is 10.6 Å². The first-order valence-electron chi connectivity index (χ1n) is 7.90. The average molecular weight is 304 g/mol. The maximum atomic E-state index is 11.7. The van der Waals surface area contributed by atoms with Crippen molar-refractivity contribution in [2.75, 3.05) is 13.1 Å². The molecule has 0 unspecified atom stereocenters. The molecule has 0 aliphatic heterocycles. The van der Waals surface area contributed by atoms with E-state index in [1.807, 2.05) is 39.0 Å². The van der Waals surface area contributed by atoms with Gasteiger partial charge in [0.05, 0.1) is 0 Å². The first kappa shape index (κ1) is 18.2. The molecule has 2 N–H and O–H groups in total. The minimum absolute atomic E-state index is 0.0190. The number of rotatable bonds is 7. The molecule has 0 aromatic heterocycles. The molecule has 2 amide bonds. The third-order valence-electron chi connectivity index (χ3n) is 3.59. The van der Waals surface area contributed by atoms with Crippen molar-refractivity contribution in [3.05, 3.63) is 35.9 Å². The van der Waals surface area contributed by atoms with E-state index in [2.05, 4.69) is 29.7 Å². The normalized spacial score (nSPS) is 12.5. The van der Waals surface area contributed by atoms with Crippen molar-refractivity contribution in [2.45, 2.75) is 46.5 Å². The van der Waals surface area contributed by atoms with Gasteiger partial charge in [-0.25, -0.2) is 0 Å². The van der Waals surface area contributed by atoms with E-state index in [-0.39, 0.29) is 11.8 Å². The Morgan fingerprint density at radius 2 is 1.68 bits per heavy atom. The topological polar surface area (TPSA) is 58.2 Å². The van der Waals surface area contributed by atoms with Crippen LogP contribution in [0.5, 0.6) is 0 Å². The zero-order valence-corrected chi connectivity index (χ0v) is 14.1. The van der Waals surface area contributed by atoms with Gasteiger partial charge in [-0.3, -0.25) is 9.59 Å². The molecule has 0 spiro atoms. The van der Waals surface area contributed by atoms with Crippen LogP contribution in [0.1, 0.15) is 52.0 Å². The Kier molecular flexibility index (Phi) is 7.09. The zero-order chi connectivity index (χ0) is 16.6. The molecule has 4 heteroatoms. The molecule has 1 atom stereocenters. The molecular weight excluding hydrogens is 276 g/mol. The number of benzene rings is 1. The monoisotopic (exact) mass is 304 g/mol. The fraction of sp³-hybridized carbons (Fsp3) is 0.556. The number of amides is 2. The lowest BCUT2D eigenvalue weighted by molar-refractivity contribution is -0.128. The Labute approximate surface area is 133 Å². The van der Waals surface area contributed by atoms with Crippen LogP contribution in [0, 0.1) is 5.41 Å². The fourth-order valence-electron chi connectivity index (χ4n) is 2.02. The summed E-state index contributed by atoms with van der Waals surface area (Å²) in [5, 5.41) is 5.68. The van der Waals surface area contributed by atoms with Gasteiger partial charge in [0.25, 0.3) is 0 Å². The molecule has 0 fully saturated rings. The van der Waals surface area contributed by atoms with Gasteiger partial charge in [0.2, 0.25) is 11.8 Å². The largest absolute Gasteiger partial charge is 0.356 e. The van der Waals surface area contributed by atoms with Gasteiger partial charge in [0, 0.05) is 24.9 Å². The van der Waals surface area contributed by atoms with Crippen molar-refractivity contribution in [3.63, 3.8) is 0 Å². The summed E-state index contributed by atoms with van der Waals surface area (Å²) < 4.78 is 0. The molecule has 122 valence electrons. The van der Waals surface area contributed by atoms with Gasteiger partial charge in [0.1, 0.15) is 0 Å². The molecule has 0 saturated carbocycles. The first-order chi connectivity index (χ1) is 10.3. The van der Waals surface area contributed by atoms with Crippen molar-refractivity contribution in [3.8, 4) is 0 Å². The number of hydrogen-bond donors (Lipinski definition) is 2. The fourth-order valence-corrected chi connectivity index (χ4v) is 2.02. The molecule has 1 aromatic rings. The Hall–Kier alpha value is -1.84. The van der Waals surface area contributed by atoms with Crippen LogP contribution in [0.2, 0.25) is 0 Å². The van der Waals surface area contributed by atoms with Gasteiger partial charge in [-0.2, -0.15) is 0 Å². The molecule has 0 radical (unpaired) electrons. The van der Waals surface area contributed by atoms with Crippen LogP contribution in [0.3, 0.4) is 0 Å². The lowest BCUT2D eigenvalue weighted by Gasteiger charge is -2.17. The lowest BCUT2D eigenvalue weighted by atomic mass is 9.96. The van der Waals surface area contributed by atoms with E-state index in [1.54, 1.807) is 0 Å². The molecule has 0 aliphatic carbocycles. The highest BCUT2D eigenvalue weighted by Crippen LogP contribution is 2.17. The zero-order valence-electron chi connectivity index (χ0n) is 14.1. The summed E-state index contributed by atoms with van der Waals surface area (Å²) in [6.07, 6.45) is 1.23. The van der Waals surface area contributed by atoms with Gasteiger partial charge in [-0.1, -0.05) is 58.0 Å². The Balaban J connectivity index is 2.17. The van der Waals surface area contributed by atoms with Crippen molar-refractivity contribution < 1.29 is 9.59 Å². The number of nitrogens with one attached hydrogen (secondary N) is 2. The average Bonchev–Trinajstić information content (AvgIpc) is 2.47. The maximum Gasteiger partial charge on any atom is 0.225 e. The first-order valence-corrected chi connectivity index (χ1v) is 7.90. The Morgan fingerprint density at radius 1 is 1.05 bits per heavy atom. The van der Waals surface area contributed by atoms with Crippen LogP contribution in [0.15, 0.2) is 30.3 Å². The molecule has 0 saturated heterocycles. The summed E-state index contributed by atoms with van der Waals surface area (Å²) in [7, 11) is 0. The summed E-state index contributed by atoms with van der Waals surface area (Å²) in [6.45, 7) is 8.76. The second-order valence-corrected chi connectivity index (χ2v) is 6.71. The summed E-state index contributed by atoms with van der Waals surface area (Å²) >= 11 is 0. The van der Waals surface area contributed by atoms with E-state index in [1.165, 1.54) is 5.56 Å². The van der Waals surface area contributed by atoms with Crippen LogP contribution >= 0.6 is 0 Å². The van der Waals surface area contributed by atoms with Crippen LogP contribution in [-0.2, 0) is 9.59 Å². The second-order valence-electron chi connectivity index (χ2n) is 6.71. The summed E-state index contributed by atoms with van der Waals surface area (Å²) in [4.78, 5) is 23.4. The van der Waals surface area contributed by atoms with Crippen molar-refractivity contribution in [2.24, 2.45) is 5.41 Å². The van der Waals surface area contributed by atoms with Crippen LogP contribution < -0.4 is 10.6 Å². The summed E-state index contributed by atoms with van der Waals surface area (Å²) in [5.41, 5.74) is 0.871. The quantitative estimate of drug-likeness (QED) is 0.814. The van der Waals surface area contributed by atoms with Gasteiger partial charge >= 0.3 is 0 Å². The van der Waals surface area contributed by atoms with E-state index in [0.717, 1.165) is 6.42 Å². The SMILES string of the molecule is C[C@@H](CCNC(=O)CCNC(=O)C(C)(C)C)c1ccccc1. The predicted molar refractivity (Wildman–Crippen MR) is 89.6 cm³/mol. The number of carbonyl (C=O) groups is 2. The maximum absolute atomic E-state index is 11.7. The molecular formula is C18H28N2O2. The van der Waals surface area contributed by atoms with E-state index in [9.17, 15) is 9.59 Å². The van der Waals surface area contributed by atoms with Crippen LogP contribution in [0.25, 0.3) is 0 Å². The molecule has 1 aromatic carbocycles. The summed E-state index contributed by atoms with van der Waals surface area (Å²) in [5.74, 6) is 0.370. The van der Waals surface area contributed by atoms with Gasteiger partial charge in [0.15, 0.2) is 0 Å². The number of hydrogen-bond acceptors (Lipinski definition) is 2. The van der Waals surface area contributed by atoms with E-state index in [0.29, 0.717) is 25.4 Å². The minimum Gasteiger partial charge on any atom is -0.356 e. The highest BCUT2D eigenvalue weighted by molar-refractivity contribution is 5.82. The van der Waals surface area contributed by atoms with Crippen LogP contribution in [0.4, 0.5) is 0 Å². The standard InChI is InChI=1S/C18H28N2O2/c1-14(15-8-6-5-7-9-15)10-12-19-16(21)11-13-20-17(22)18(2,3)4/h5-9,14H,10-13H2,1-4H3,(H,19,21)(H,20,22)/t14-/m0/s1. The molecule has 0 heterocycles. The van der Waals surface area contributed by atoms with Gasteiger partial charge < -0.3 is 10.6 Å². The summed E-state index contributed by atoms with van der Waals surface area (Å²) in [6, 6.07) is 10.3. The predicted octanol–water partition coefficient (Wildman–Crippen LogP) is 2.85. The van der Waals surface area contributed by atoms with E-state index >= 15 is 0 Å². The van der Waals surface area contributed by atoms with E-state index in [4.69, 9.17) is 0 Å². The highest BCUT2D eigenvalue weighted by Gasteiger charge is 2.20. The molecule has 1 rings (SSSR count). The third kappa shape index (κ3) is 6.74. The highest BCUT2D eigenvalue weighted by atomic mass is 16.2. The smallest absolute Gasteiger partial charge is 0.225 e. The van der Waals surface area contributed by atoms with Crippen molar-refractivity contribution >= 4 is 11.8 Å². The molecule has 4 nitrogen and oxygen atoms in total. The minimum atomic E-state index is -0.415. The lowest BCUT2D eigenvalue weighted by Crippen LogP contribution is -2.37. The van der Waals surface area contributed by atoms with E-state index < -0.39 is 5.41 Å². The Morgan fingerprint density at radius 3 is 2.27 bits per heavy atom. The van der Waals surface area contributed by atoms with Crippen LogP contribution in [-0.4, -0.2) is 24.9 Å². The van der Waals surface area contributed by atoms with Gasteiger partial charge in [-0.15, -0.1) is 0 Å². The Bertz CT molecular complexity index is 478. The molecule has 0 aliphatic rings. The van der Waals surface area contributed by atoms with Gasteiger partial charge in [-0.05, 0) is 17.9 Å². The number of carbonyl (C=O) groups excluding carboxylic acids is 2. The van der Waals surface area contributed by atoms with Crippen molar-refractivity contribution in [1.29, 1.82) is 0 Å². The third-order valence-corrected chi connectivity index (χ3v) is 3.59.